The fraction of sp³-hybridized carbons (Fsp3) is 0.462. The Kier molecular flexibility index (Phi) is 5.47. The summed E-state index contributed by atoms with van der Waals surface area (Å²) in [7, 11) is 1.30. The standard InChI is InChI=1S/C13H17BrN2O3/c1-4-7-13(2,12(18)19-3)16-11(17)10-9(14)6-5-8-15-10/h5-6,8H,4,7H2,1-3H3,(H,16,17). The van der Waals surface area contributed by atoms with Gasteiger partial charge in [0.05, 0.1) is 7.11 Å². The Balaban J connectivity index is 2.95. The molecule has 1 unspecified atom stereocenters. The SMILES string of the molecule is CCCC(C)(NC(=O)c1ncccc1Br)C(=O)OC. The molecule has 0 radical (unpaired) electrons. The number of halogens is 1. The van der Waals surface area contributed by atoms with Crippen molar-refractivity contribution in [1.82, 2.24) is 10.3 Å². The fourth-order valence-corrected chi connectivity index (χ4v) is 2.24. The van der Waals surface area contributed by atoms with Gasteiger partial charge in [-0.3, -0.25) is 4.79 Å². The number of rotatable bonds is 5. The molecule has 1 amide bonds. The predicted octanol–water partition coefficient (Wildman–Crippen LogP) is 2.31. The summed E-state index contributed by atoms with van der Waals surface area (Å²) in [4.78, 5) is 28.0. The second kappa shape index (κ2) is 6.65. The van der Waals surface area contributed by atoms with E-state index in [1.54, 1.807) is 19.1 Å². The van der Waals surface area contributed by atoms with Crippen LogP contribution in [0, 0.1) is 0 Å². The molecule has 0 fully saturated rings. The average Bonchev–Trinajstić information content (AvgIpc) is 2.38. The van der Waals surface area contributed by atoms with Gasteiger partial charge < -0.3 is 10.1 Å². The van der Waals surface area contributed by atoms with Crippen LogP contribution < -0.4 is 5.32 Å². The number of nitrogens with one attached hydrogen (secondary N) is 1. The summed E-state index contributed by atoms with van der Waals surface area (Å²) in [5.41, 5.74) is -0.800. The van der Waals surface area contributed by atoms with Gasteiger partial charge >= 0.3 is 5.97 Å². The Hall–Kier alpha value is -1.43. The summed E-state index contributed by atoms with van der Waals surface area (Å²) in [6.45, 7) is 3.58. The zero-order valence-electron chi connectivity index (χ0n) is 11.2. The van der Waals surface area contributed by atoms with Gasteiger partial charge in [0, 0.05) is 10.7 Å². The highest BCUT2D eigenvalue weighted by molar-refractivity contribution is 9.10. The van der Waals surface area contributed by atoms with E-state index in [1.165, 1.54) is 13.3 Å². The number of pyridine rings is 1. The van der Waals surface area contributed by atoms with E-state index in [4.69, 9.17) is 4.74 Å². The minimum Gasteiger partial charge on any atom is -0.467 e. The van der Waals surface area contributed by atoms with Crippen molar-refractivity contribution >= 4 is 27.8 Å². The molecule has 104 valence electrons. The summed E-state index contributed by atoms with van der Waals surface area (Å²) in [5.74, 6) is -0.872. The predicted molar refractivity (Wildman–Crippen MR) is 74.7 cm³/mol. The molecule has 6 heteroatoms. The Morgan fingerprint density at radius 2 is 2.21 bits per heavy atom. The Morgan fingerprint density at radius 1 is 1.53 bits per heavy atom. The van der Waals surface area contributed by atoms with E-state index in [0.29, 0.717) is 10.9 Å². The molecule has 1 aromatic heterocycles. The number of nitrogens with zero attached hydrogens (tertiary/aromatic N) is 1. The van der Waals surface area contributed by atoms with E-state index in [9.17, 15) is 9.59 Å². The minimum absolute atomic E-state index is 0.244. The second-order valence-corrected chi connectivity index (χ2v) is 5.22. The summed E-state index contributed by atoms with van der Waals surface area (Å²) in [6, 6.07) is 3.43. The molecule has 0 spiro atoms. The van der Waals surface area contributed by atoms with Crippen molar-refractivity contribution < 1.29 is 14.3 Å². The molecule has 0 aliphatic carbocycles. The first kappa shape index (κ1) is 15.6. The van der Waals surface area contributed by atoms with Gasteiger partial charge in [-0.05, 0) is 41.4 Å². The van der Waals surface area contributed by atoms with E-state index in [-0.39, 0.29) is 5.69 Å². The maximum Gasteiger partial charge on any atom is 0.331 e. The summed E-state index contributed by atoms with van der Waals surface area (Å²) in [5, 5.41) is 2.70. The van der Waals surface area contributed by atoms with Crippen molar-refractivity contribution in [1.29, 1.82) is 0 Å². The number of hydrogen-bond donors (Lipinski definition) is 1. The van der Waals surface area contributed by atoms with E-state index in [2.05, 4.69) is 26.2 Å². The van der Waals surface area contributed by atoms with Gasteiger partial charge in [-0.2, -0.15) is 0 Å². The van der Waals surface area contributed by atoms with E-state index < -0.39 is 17.4 Å². The Morgan fingerprint density at radius 3 is 2.74 bits per heavy atom. The lowest BCUT2D eigenvalue weighted by Gasteiger charge is -2.27. The van der Waals surface area contributed by atoms with Gasteiger partial charge in [0.15, 0.2) is 0 Å². The van der Waals surface area contributed by atoms with E-state index in [1.807, 2.05) is 6.92 Å². The van der Waals surface area contributed by atoms with Crippen molar-refractivity contribution in [2.24, 2.45) is 0 Å². The topological polar surface area (TPSA) is 68.3 Å². The van der Waals surface area contributed by atoms with Crippen LogP contribution in [0.15, 0.2) is 22.8 Å². The molecule has 0 saturated carbocycles. The monoisotopic (exact) mass is 328 g/mol. The van der Waals surface area contributed by atoms with Gasteiger partial charge in [0.25, 0.3) is 5.91 Å². The van der Waals surface area contributed by atoms with Crippen molar-refractivity contribution in [3.8, 4) is 0 Å². The van der Waals surface area contributed by atoms with Gasteiger partial charge in [0.1, 0.15) is 11.2 Å². The van der Waals surface area contributed by atoms with Crippen molar-refractivity contribution in [2.45, 2.75) is 32.2 Å². The van der Waals surface area contributed by atoms with Gasteiger partial charge in [-0.15, -0.1) is 0 Å². The average molecular weight is 329 g/mol. The third kappa shape index (κ3) is 3.76. The smallest absolute Gasteiger partial charge is 0.331 e. The molecule has 5 nitrogen and oxygen atoms in total. The third-order valence-electron chi connectivity index (χ3n) is 2.75. The molecule has 0 saturated heterocycles. The van der Waals surface area contributed by atoms with Gasteiger partial charge in [-0.1, -0.05) is 13.3 Å². The Bertz CT molecular complexity index is 479. The van der Waals surface area contributed by atoms with Crippen molar-refractivity contribution in [2.75, 3.05) is 7.11 Å². The first-order valence-corrected chi connectivity index (χ1v) is 6.75. The number of amides is 1. The number of ether oxygens (including phenoxy) is 1. The van der Waals surface area contributed by atoms with E-state index in [0.717, 1.165) is 6.42 Å². The van der Waals surface area contributed by atoms with Gasteiger partial charge in [-0.25, -0.2) is 9.78 Å². The summed E-state index contributed by atoms with van der Waals surface area (Å²) < 4.78 is 5.33. The highest BCUT2D eigenvalue weighted by Gasteiger charge is 2.35. The first-order chi connectivity index (χ1) is 8.94. The zero-order chi connectivity index (χ0) is 14.5. The van der Waals surface area contributed by atoms with Crippen LogP contribution in [0.1, 0.15) is 37.2 Å². The zero-order valence-corrected chi connectivity index (χ0v) is 12.8. The molecular weight excluding hydrogens is 312 g/mol. The lowest BCUT2D eigenvalue weighted by Crippen LogP contribution is -2.52. The molecule has 1 atom stereocenters. The summed E-state index contributed by atoms with van der Waals surface area (Å²) >= 11 is 3.26. The molecule has 1 rings (SSSR count). The number of esters is 1. The normalized spacial score (nSPS) is 13.5. The first-order valence-electron chi connectivity index (χ1n) is 5.96. The number of hydrogen-bond acceptors (Lipinski definition) is 4. The van der Waals surface area contributed by atoms with Crippen LogP contribution in [0.2, 0.25) is 0 Å². The lowest BCUT2D eigenvalue weighted by molar-refractivity contribution is -0.147. The quantitative estimate of drug-likeness (QED) is 0.842. The molecule has 0 aliphatic rings. The van der Waals surface area contributed by atoms with Crippen LogP contribution in [0.5, 0.6) is 0 Å². The van der Waals surface area contributed by atoms with E-state index >= 15 is 0 Å². The van der Waals surface area contributed by atoms with Crippen molar-refractivity contribution in [3.05, 3.63) is 28.5 Å². The van der Waals surface area contributed by atoms with Crippen LogP contribution in [0.4, 0.5) is 0 Å². The molecule has 1 heterocycles. The lowest BCUT2D eigenvalue weighted by atomic mass is 9.96. The van der Waals surface area contributed by atoms with Crippen LogP contribution in [0.25, 0.3) is 0 Å². The molecule has 0 aliphatic heterocycles. The fourth-order valence-electron chi connectivity index (χ4n) is 1.80. The molecular formula is C13H17BrN2O3. The molecule has 0 aromatic carbocycles. The number of aromatic nitrogens is 1. The highest BCUT2D eigenvalue weighted by Crippen LogP contribution is 2.18. The molecule has 0 bridgehead atoms. The van der Waals surface area contributed by atoms with Crippen LogP contribution in [0.3, 0.4) is 0 Å². The number of methoxy groups -OCH3 is 1. The van der Waals surface area contributed by atoms with Crippen LogP contribution in [-0.4, -0.2) is 29.5 Å². The van der Waals surface area contributed by atoms with Crippen LogP contribution in [-0.2, 0) is 9.53 Å². The number of carbonyl (C=O) groups is 2. The van der Waals surface area contributed by atoms with Crippen LogP contribution >= 0.6 is 15.9 Å². The maximum atomic E-state index is 12.2. The molecule has 1 aromatic rings. The summed E-state index contributed by atoms with van der Waals surface area (Å²) in [6.07, 6.45) is 2.76. The molecule has 19 heavy (non-hydrogen) atoms. The minimum atomic E-state index is -1.04. The maximum absolute atomic E-state index is 12.2. The van der Waals surface area contributed by atoms with Gasteiger partial charge in [0.2, 0.25) is 0 Å². The Labute approximate surface area is 120 Å². The third-order valence-corrected chi connectivity index (χ3v) is 3.39. The largest absolute Gasteiger partial charge is 0.467 e. The second-order valence-electron chi connectivity index (χ2n) is 4.36. The number of carbonyl (C=O) groups excluding carboxylic acids is 2. The molecule has 1 N–H and O–H groups in total. The highest BCUT2D eigenvalue weighted by atomic mass is 79.9. The van der Waals surface area contributed by atoms with Crippen molar-refractivity contribution in [3.63, 3.8) is 0 Å².